The highest BCUT2D eigenvalue weighted by Gasteiger charge is 2.23. The minimum absolute atomic E-state index is 0.0536. The van der Waals surface area contributed by atoms with Gasteiger partial charge in [-0.05, 0) is 43.0 Å². The van der Waals surface area contributed by atoms with Gasteiger partial charge in [-0.15, -0.1) is 0 Å². The summed E-state index contributed by atoms with van der Waals surface area (Å²) in [5.74, 6) is 0.0730. The standard InChI is InChI=1S/C14H20N2O2/c1-10-7-13(6-3-11(10)9-17)16(2)8-14(18)15-12-4-5-12/h3,6-7,12,17H,4-5,8-9H2,1-2H3,(H,15,18). The van der Waals surface area contributed by atoms with Crippen LogP contribution in [0.1, 0.15) is 24.0 Å². The van der Waals surface area contributed by atoms with E-state index in [2.05, 4.69) is 5.32 Å². The number of benzene rings is 1. The normalized spacial score (nSPS) is 14.4. The van der Waals surface area contributed by atoms with E-state index in [9.17, 15) is 4.79 Å². The number of amides is 1. The first-order valence-electron chi connectivity index (χ1n) is 6.31. The Morgan fingerprint density at radius 3 is 2.78 bits per heavy atom. The molecule has 0 heterocycles. The van der Waals surface area contributed by atoms with Gasteiger partial charge in [-0.3, -0.25) is 4.79 Å². The second-order valence-corrected chi connectivity index (χ2v) is 4.97. The molecule has 1 amide bonds. The summed E-state index contributed by atoms with van der Waals surface area (Å²) in [5.41, 5.74) is 2.97. The lowest BCUT2D eigenvalue weighted by Crippen LogP contribution is -2.36. The van der Waals surface area contributed by atoms with Gasteiger partial charge in [-0.25, -0.2) is 0 Å². The molecule has 1 saturated carbocycles. The van der Waals surface area contributed by atoms with Crippen molar-refractivity contribution in [2.75, 3.05) is 18.5 Å². The zero-order chi connectivity index (χ0) is 13.1. The number of aliphatic hydroxyl groups excluding tert-OH is 1. The number of carbonyl (C=O) groups excluding carboxylic acids is 1. The lowest BCUT2D eigenvalue weighted by Gasteiger charge is -2.20. The van der Waals surface area contributed by atoms with Crippen molar-refractivity contribution < 1.29 is 9.90 Å². The number of aryl methyl sites for hydroxylation is 1. The predicted molar refractivity (Wildman–Crippen MR) is 71.5 cm³/mol. The Bertz CT molecular complexity index is 441. The summed E-state index contributed by atoms with van der Waals surface area (Å²) in [6.45, 7) is 2.39. The summed E-state index contributed by atoms with van der Waals surface area (Å²) >= 11 is 0. The molecule has 0 bridgehead atoms. The van der Waals surface area contributed by atoms with E-state index in [1.807, 2.05) is 37.1 Å². The third-order valence-electron chi connectivity index (χ3n) is 3.26. The van der Waals surface area contributed by atoms with Gasteiger partial charge in [0.15, 0.2) is 0 Å². The zero-order valence-corrected chi connectivity index (χ0v) is 10.9. The van der Waals surface area contributed by atoms with Gasteiger partial charge in [-0.2, -0.15) is 0 Å². The van der Waals surface area contributed by atoms with Crippen molar-refractivity contribution in [3.05, 3.63) is 29.3 Å². The van der Waals surface area contributed by atoms with E-state index >= 15 is 0 Å². The molecule has 1 aliphatic carbocycles. The van der Waals surface area contributed by atoms with Crippen LogP contribution in [0.2, 0.25) is 0 Å². The zero-order valence-electron chi connectivity index (χ0n) is 10.9. The van der Waals surface area contributed by atoms with Crippen molar-refractivity contribution in [3.8, 4) is 0 Å². The van der Waals surface area contributed by atoms with Crippen molar-refractivity contribution >= 4 is 11.6 Å². The quantitative estimate of drug-likeness (QED) is 0.823. The monoisotopic (exact) mass is 248 g/mol. The average molecular weight is 248 g/mol. The van der Waals surface area contributed by atoms with Crippen LogP contribution in [-0.2, 0) is 11.4 Å². The van der Waals surface area contributed by atoms with Gasteiger partial charge in [-0.1, -0.05) is 6.07 Å². The Hall–Kier alpha value is -1.55. The molecule has 2 rings (SSSR count). The first-order chi connectivity index (χ1) is 8.60. The van der Waals surface area contributed by atoms with Gasteiger partial charge >= 0.3 is 0 Å². The lowest BCUT2D eigenvalue weighted by atomic mass is 10.1. The van der Waals surface area contributed by atoms with E-state index in [0.717, 1.165) is 29.7 Å². The summed E-state index contributed by atoms with van der Waals surface area (Å²) in [5, 5.41) is 12.1. The predicted octanol–water partition coefficient (Wildman–Crippen LogP) is 1.20. The van der Waals surface area contributed by atoms with Crippen molar-refractivity contribution in [2.24, 2.45) is 0 Å². The van der Waals surface area contributed by atoms with Crippen LogP contribution in [-0.4, -0.2) is 30.6 Å². The highest BCUT2D eigenvalue weighted by molar-refractivity contribution is 5.81. The molecule has 0 radical (unpaired) electrons. The first-order valence-corrected chi connectivity index (χ1v) is 6.31. The van der Waals surface area contributed by atoms with E-state index in [1.165, 1.54) is 0 Å². The molecule has 0 saturated heterocycles. The molecule has 1 aliphatic rings. The Balaban J connectivity index is 1.96. The van der Waals surface area contributed by atoms with E-state index in [-0.39, 0.29) is 12.5 Å². The molecule has 4 heteroatoms. The van der Waals surface area contributed by atoms with Crippen LogP contribution in [0.3, 0.4) is 0 Å². The van der Waals surface area contributed by atoms with E-state index in [4.69, 9.17) is 5.11 Å². The first kappa shape index (κ1) is 12.9. The fraction of sp³-hybridized carbons (Fsp3) is 0.500. The van der Waals surface area contributed by atoms with Crippen LogP contribution in [0.15, 0.2) is 18.2 Å². The summed E-state index contributed by atoms with van der Waals surface area (Å²) in [7, 11) is 1.90. The summed E-state index contributed by atoms with van der Waals surface area (Å²) in [6, 6.07) is 6.24. The van der Waals surface area contributed by atoms with Crippen molar-refractivity contribution in [3.63, 3.8) is 0 Å². The van der Waals surface area contributed by atoms with Gasteiger partial charge in [0.25, 0.3) is 0 Å². The van der Waals surface area contributed by atoms with Gasteiger partial charge in [0.05, 0.1) is 13.2 Å². The molecule has 0 aliphatic heterocycles. The van der Waals surface area contributed by atoms with Crippen LogP contribution in [0.5, 0.6) is 0 Å². The molecular formula is C14H20N2O2. The number of likely N-dealkylation sites (N-methyl/N-ethyl adjacent to an activating group) is 1. The smallest absolute Gasteiger partial charge is 0.239 e. The lowest BCUT2D eigenvalue weighted by molar-refractivity contribution is -0.119. The Morgan fingerprint density at radius 2 is 2.22 bits per heavy atom. The van der Waals surface area contributed by atoms with Crippen LogP contribution in [0.4, 0.5) is 5.69 Å². The maximum absolute atomic E-state index is 11.7. The minimum Gasteiger partial charge on any atom is -0.392 e. The summed E-state index contributed by atoms with van der Waals surface area (Å²) < 4.78 is 0. The third-order valence-corrected chi connectivity index (χ3v) is 3.26. The number of anilines is 1. The average Bonchev–Trinajstić information content (AvgIpc) is 3.12. The third kappa shape index (κ3) is 3.23. The molecular weight excluding hydrogens is 228 g/mol. The highest BCUT2D eigenvalue weighted by Crippen LogP contribution is 2.20. The SMILES string of the molecule is Cc1cc(N(C)CC(=O)NC2CC2)ccc1CO. The Morgan fingerprint density at radius 1 is 1.50 bits per heavy atom. The fourth-order valence-electron chi connectivity index (χ4n) is 1.90. The van der Waals surface area contributed by atoms with Crippen LogP contribution in [0, 0.1) is 6.92 Å². The van der Waals surface area contributed by atoms with E-state index in [1.54, 1.807) is 0 Å². The summed E-state index contributed by atoms with van der Waals surface area (Å²) in [4.78, 5) is 13.6. The Kier molecular flexibility index (Phi) is 3.87. The van der Waals surface area contributed by atoms with Crippen molar-refractivity contribution in [1.29, 1.82) is 0 Å². The van der Waals surface area contributed by atoms with Crippen molar-refractivity contribution in [1.82, 2.24) is 5.32 Å². The van der Waals surface area contributed by atoms with Gasteiger partial charge in [0.1, 0.15) is 0 Å². The van der Waals surface area contributed by atoms with Crippen LogP contribution >= 0.6 is 0 Å². The number of aliphatic hydroxyl groups is 1. The number of hydrogen-bond donors (Lipinski definition) is 2. The molecule has 0 spiro atoms. The largest absolute Gasteiger partial charge is 0.392 e. The number of hydrogen-bond acceptors (Lipinski definition) is 3. The molecule has 1 fully saturated rings. The number of nitrogens with one attached hydrogen (secondary N) is 1. The maximum atomic E-state index is 11.7. The van der Waals surface area contributed by atoms with Crippen LogP contribution in [0.25, 0.3) is 0 Å². The number of rotatable bonds is 5. The molecule has 0 aromatic heterocycles. The second kappa shape index (κ2) is 5.40. The van der Waals surface area contributed by atoms with Crippen LogP contribution < -0.4 is 10.2 Å². The number of nitrogens with zero attached hydrogens (tertiary/aromatic N) is 1. The topological polar surface area (TPSA) is 52.6 Å². The van der Waals surface area contributed by atoms with Gasteiger partial charge in [0, 0.05) is 18.8 Å². The van der Waals surface area contributed by atoms with Gasteiger partial charge < -0.3 is 15.3 Å². The molecule has 1 aromatic carbocycles. The maximum Gasteiger partial charge on any atom is 0.239 e. The number of carbonyl (C=O) groups is 1. The molecule has 98 valence electrons. The van der Waals surface area contributed by atoms with Crippen molar-refractivity contribution in [2.45, 2.75) is 32.4 Å². The molecule has 2 N–H and O–H groups in total. The fourth-order valence-corrected chi connectivity index (χ4v) is 1.90. The molecule has 0 unspecified atom stereocenters. The minimum atomic E-state index is 0.0536. The van der Waals surface area contributed by atoms with E-state index < -0.39 is 0 Å². The van der Waals surface area contributed by atoms with Gasteiger partial charge in [0.2, 0.25) is 5.91 Å². The second-order valence-electron chi connectivity index (χ2n) is 4.97. The van der Waals surface area contributed by atoms with E-state index in [0.29, 0.717) is 12.6 Å². The molecule has 1 aromatic rings. The molecule has 4 nitrogen and oxygen atoms in total. The Labute approximate surface area is 108 Å². The summed E-state index contributed by atoms with van der Waals surface area (Å²) in [6.07, 6.45) is 2.22. The molecule has 18 heavy (non-hydrogen) atoms. The molecule has 0 atom stereocenters. The highest BCUT2D eigenvalue weighted by atomic mass is 16.3.